The van der Waals surface area contributed by atoms with Crippen LogP contribution in [0, 0.1) is 5.82 Å². The second-order valence-corrected chi connectivity index (χ2v) is 3.60. The second kappa shape index (κ2) is 4.99. The van der Waals surface area contributed by atoms with Gasteiger partial charge in [-0.1, -0.05) is 12.1 Å². The lowest BCUT2D eigenvalue weighted by Gasteiger charge is -2.08. The molecule has 5 heteroatoms. The summed E-state index contributed by atoms with van der Waals surface area (Å²) < 4.78 is 13.1. The van der Waals surface area contributed by atoms with Crippen molar-refractivity contribution in [1.29, 1.82) is 0 Å². The summed E-state index contributed by atoms with van der Waals surface area (Å²) in [5.74, 6) is 0.0170. The highest BCUT2D eigenvalue weighted by atomic mass is 19.1. The Morgan fingerprint density at radius 2 is 2.18 bits per heavy atom. The maximum absolute atomic E-state index is 13.1. The molecule has 1 atom stereocenters. The number of aromatic nitrogens is 2. The first kappa shape index (κ1) is 11.6. The Balaban J connectivity index is 2.39. The van der Waals surface area contributed by atoms with E-state index in [0.29, 0.717) is 17.1 Å². The van der Waals surface area contributed by atoms with E-state index < -0.39 is 6.04 Å². The summed E-state index contributed by atoms with van der Waals surface area (Å²) in [5, 5.41) is 8.93. The molecule has 4 nitrogen and oxygen atoms in total. The number of benzene rings is 1. The molecule has 1 aromatic heterocycles. The first-order valence-corrected chi connectivity index (χ1v) is 5.16. The minimum Gasteiger partial charge on any atom is -0.394 e. The van der Waals surface area contributed by atoms with E-state index in [0.717, 1.165) is 0 Å². The zero-order valence-corrected chi connectivity index (χ0v) is 9.05. The molecule has 0 fully saturated rings. The van der Waals surface area contributed by atoms with Gasteiger partial charge in [-0.25, -0.2) is 14.4 Å². The number of rotatable bonds is 3. The number of nitrogens with zero attached hydrogens (tertiary/aromatic N) is 2. The first-order valence-electron chi connectivity index (χ1n) is 5.16. The van der Waals surface area contributed by atoms with Crippen LogP contribution in [0.3, 0.4) is 0 Å². The molecule has 0 radical (unpaired) electrons. The van der Waals surface area contributed by atoms with Gasteiger partial charge in [-0.2, -0.15) is 0 Å². The molecular formula is C12H12FN3O. The quantitative estimate of drug-likeness (QED) is 0.837. The topological polar surface area (TPSA) is 72.0 Å². The van der Waals surface area contributed by atoms with E-state index in [1.54, 1.807) is 18.2 Å². The van der Waals surface area contributed by atoms with Crippen molar-refractivity contribution < 1.29 is 9.50 Å². The molecule has 0 saturated carbocycles. The van der Waals surface area contributed by atoms with Gasteiger partial charge in [-0.05, 0) is 18.2 Å². The Kier molecular flexibility index (Phi) is 3.41. The van der Waals surface area contributed by atoms with Crippen LogP contribution < -0.4 is 5.73 Å². The van der Waals surface area contributed by atoms with Crippen LogP contribution in [0.15, 0.2) is 36.5 Å². The van der Waals surface area contributed by atoms with Crippen molar-refractivity contribution in [2.45, 2.75) is 6.04 Å². The summed E-state index contributed by atoms with van der Waals surface area (Å²) in [6.45, 7) is -0.230. The normalized spacial score (nSPS) is 12.4. The summed E-state index contributed by atoms with van der Waals surface area (Å²) >= 11 is 0. The van der Waals surface area contributed by atoms with Gasteiger partial charge in [-0.3, -0.25) is 0 Å². The molecule has 0 bridgehead atoms. The molecule has 1 heterocycles. The predicted octanol–water partition coefficient (Wildman–Crippen LogP) is 1.27. The molecule has 0 aliphatic carbocycles. The van der Waals surface area contributed by atoms with Crippen molar-refractivity contribution in [1.82, 2.24) is 9.97 Å². The smallest absolute Gasteiger partial charge is 0.147 e. The summed E-state index contributed by atoms with van der Waals surface area (Å²) in [4.78, 5) is 8.16. The molecule has 88 valence electrons. The fourth-order valence-corrected chi connectivity index (χ4v) is 1.44. The standard InChI is InChI=1S/C12H12FN3O/c13-9-3-1-2-8(6-9)11-4-5-15-12(16-11)10(14)7-17/h1-6,10,17H,7,14H2. The molecule has 1 unspecified atom stereocenters. The highest BCUT2D eigenvalue weighted by molar-refractivity contribution is 5.58. The van der Waals surface area contributed by atoms with Crippen LogP contribution in [0.4, 0.5) is 4.39 Å². The maximum Gasteiger partial charge on any atom is 0.147 e. The van der Waals surface area contributed by atoms with Gasteiger partial charge in [-0.15, -0.1) is 0 Å². The number of hydrogen-bond donors (Lipinski definition) is 2. The molecule has 0 spiro atoms. The Hall–Kier alpha value is -1.85. The van der Waals surface area contributed by atoms with Gasteiger partial charge >= 0.3 is 0 Å². The van der Waals surface area contributed by atoms with E-state index in [1.807, 2.05) is 0 Å². The predicted molar refractivity (Wildman–Crippen MR) is 61.4 cm³/mol. The van der Waals surface area contributed by atoms with E-state index in [1.165, 1.54) is 18.3 Å². The zero-order chi connectivity index (χ0) is 12.3. The summed E-state index contributed by atoms with van der Waals surface area (Å²) in [5.41, 5.74) is 6.86. The third kappa shape index (κ3) is 2.64. The summed E-state index contributed by atoms with van der Waals surface area (Å²) in [6.07, 6.45) is 1.54. The van der Waals surface area contributed by atoms with Crippen molar-refractivity contribution in [3.05, 3.63) is 48.2 Å². The fourth-order valence-electron chi connectivity index (χ4n) is 1.44. The third-order valence-electron chi connectivity index (χ3n) is 2.32. The minimum absolute atomic E-state index is 0.230. The van der Waals surface area contributed by atoms with Crippen LogP contribution in [-0.4, -0.2) is 21.7 Å². The summed E-state index contributed by atoms with van der Waals surface area (Å²) in [7, 11) is 0. The molecule has 1 aromatic carbocycles. The average molecular weight is 233 g/mol. The molecule has 3 N–H and O–H groups in total. The van der Waals surface area contributed by atoms with Gasteiger partial charge in [0.2, 0.25) is 0 Å². The minimum atomic E-state index is -0.622. The number of nitrogens with two attached hydrogens (primary N) is 1. The second-order valence-electron chi connectivity index (χ2n) is 3.60. The van der Waals surface area contributed by atoms with Gasteiger partial charge in [0.1, 0.15) is 11.6 Å². The van der Waals surface area contributed by atoms with Gasteiger partial charge in [0.25, 0.3) is 0 Å². The molecule has 17 heavy (non-hydrogen) atoms. The van der Waals surface area contributed by atoms with Crippen LogP contribution in [0.2, 0.25) is 0 Å². The van der Waals surface area contributed by atoms with Crippen molar-refractivity contribution in [2.75, 3.05) is 6.61 Å². The van der Waals surface area contributed by atoms with Gasteiger partial charge < -0.3 is 10.8 Å². The Labute approximate surface area is 98.0 Å². The number of aliphatic hydroxyl groups is 1. The van der Waals surface area contributed by atoms with Crippen molar-refractivity contribution in [2.24, 2.45) is 5.73 Å². The molecular weight excluding hydrogens is 221 g/mol. The van der Waals surface area contributed by atoms with Gasteiger partial charge in [0.15, 0.2) is 0 Å². The number of hydrogen-bond acceptors (Lipinski definition) is 4. The first-order chi connectivity index (χ1) is 8.20. The molecule has 2 aromatic rings. The van der Waals surface area contributed by atoms with Crippen LogP contribution in [-0.2, 0) is 0 Å². The van der Waals surface area contributed by atoms with Crippen LogP contribution in [0.25, 0.3) is 11.3 Å². The lowest BCUT2D eigenvalue weighted by Crippen LogP contribution is -2.17. The fraction of sp³-hybridized carbons (Fsp3) is 0.167. The Bertz CT molecular complexity index is 519. The van der Waals surface area contributed by atoms with Gasteiger partial charge in [0.05, 0.1) is 18.3 Å². The third-order valence-corrected chi connectivity index (χ3v) is 2.32. The van der Waals surface area contributed by atoms with Crippen molar-refractivity contribution in [3.63, 3.8) is 0 Å². The Morgan fingerprint density at radius 1 is 1.35 bits per heavy atom. The van der Waals surface area contributed by atoms with E-state index in [4.69, 9.17) is 10.8 Å². The zero-order valence-electron chi connectivity index (χ0n) is 9.05. The van der Waals surface area contributed by atoms with Crippen LogP contribution in [0.5, 0.6) is 0 Å². The monoisotopic (exact) mass is 233 g/mol. The molecule has 2 rings (SSSR count). The largest absolute Gasteiger partial charge is 0.394 e. The molecule has 0 amide bonds. The van der Waals surface area contributed by atoms with Gasteiger partial charge in [0, 0.05) is 11.8 Å². The van der Waals surface area contributed by atoms with Crippen LogP contribution >= 0.6 is 0 Å². The van der Waals surface area contributed by atoms with E-state index in [9.17, 15) is 4.39 Å². The highest BCUT2D eigenvalue weighted by Crippen LogP contribution is 2.18. The van der Waals surface area contributed by atoms with Crippen molar-refractivity contribution in [3.8, 4) is 11.3 Å². The van der Waals surface area contributed by atoms with E-state index in [2.05, 4.69) is 9.97 Å². The average Bonchev–Trinajstić information content (AvgIpc) is 2.38. The number of halogens is 1. The molecule has 0 aliphatic heterocycles. The SMILES string of the molecule is NC(CO)c1nccc(-c2cccc(F)c2)n1. The highest BCUT2D eigenvalue weighted by Gasteiger charge is 2.09. The maximum atomic E-state index is 13.1. The lowest BCUT2D eigenvalue weighted by molar-refractivity contribution is 0.263. The van der Waals surface area contributed by atoms with E-state index in [-0.39, 0.29) is 12.4 Å². The molecule has 0 saturated heterocycles. The number of aliphatic hydroxyl groups excluding tert-OH is 1. The lowest BCUT2D eigenvalue weighted by atomic mass is 10.1. The van der Waals surface area contributed by atoms with E-state index >= 15 is 0 Å². The Morgan fingerprint density at radius 3 is 2.88 bits per heavy atom. The van der Waals surface area contributed by atoms with Crippen molar-refractivity contribution >= 4 is 0 Å². The van der Waals surface area contributed by atoms with Crippen LogP contribution in [0.1, 0.15) is 11.9 Å². The summed E-state index contributed by atoms with van der Waals surface area (Å²) in [6, 6.07) is 7.16. The molecule has 0 aliphatic rings.